The second kappa shape index (κ2) is 37.3. The summed E-state index contributed by atoms with van der Waals surface area (Å²) in [4.78, 5) is 70.8. The fourth-order valence-electron chi connectivity index (χ4n) is 13.6. The zero-order valence-electron chi connectivity index (χ0n) is 70.3. The van der Waals surface area contributed by atoms with Crippen LogP contribution >= 0.6 is 0 Å². The molecule has 0 aliphatic heterocycles. The van der Waals surface area contributed by atoms with Gasteiger partial charge in [-0.15, -0.1) is 12.3 Å². The Labute approximate surface area is 611 Å². The van der Waals surface area contributed by atoms with Gasteiger partial charge < -0.3 is 28.4 Å². The summed E-state index contributed by atoms with van der Waals surface area (Å²) < 4.78 is 31.9. The lowest BCUT2D eigenvalue weighted by atomic mass is 9.97. The van der Waals surface area contributed by atoms with Crippen LogP contribution in [-0.4, -0.2) is 72.4 Å². The molecule has 0 amide bonds. The highest BCUT2D eigenvalue weighted by Gasteiger charge is 2.74. The minimum atomic E-state index is -0.438. The van der Waals surface area contributed by atoms with Crippen molar-refractivity contribution in [2.45, 2.75) is 312 Å². The molecule has 570 valence electrons. The van der Waals surface area contributed by atoms with Crippen LogP contribution in [-0.2, 0) is 57.2 Å². The molecule has 0 bridgehead atoms. The summed E-state index contributed by atoms with van der Waals surface area (Å²) in [5, 5.41) is 0. The lowest BCUT2D eigenvalue weighted by molar-refractivity contribution is -0.156. The van der Waals surface area contributed by atoms with Gasteiger partial charge >= 0.3 is 35.8 Å². The van der Waals surface area contributed by atoms with Gasteiger partial charge in [0, 0.05) is 17.3 Å². The Balaban J connectivity index is 0.000000593. The quantitative estimate of drug-likeness (QED) is 0.0594. The van der Waals surface area contributed by atoms with Crippen molar-refractivity contribution in [3.05, 3.63) is 94.8 Å². The molecular weight excluding hydrogens is 1250 g/mol. The average molecular weight is 1400 g/mol. The second-order valence-corrected chi connectivity index (χ2v) is 36.4. The lowest BCUT2D eigenvalue weighted by Crippen LogP contribution is -2.25. The molecule has 8 rings (SSSR count). The summed E-state index contributed by atoms with van der Waals surface area (Å²) in [6.45, 7) is 78.5. The maximum Gasteiger partial charge on any atom is 0.311 e. The van der Waals surface area contributed by atoms with E-state index >= 15 is 0 Å². The topological polar surface area (TPSA) is 158 Å². The molecule has 0 heterocycles. The van der Waals surface area contributed by atoms with Crippen LogP contribution in [0, 0.1) is 108 Å². The Morgan fingerprint density at radius 2 is 0.860 bits per heavy atom. The predicted molar refractivity (Wildman–Crippen MR) is 413 cm³/mol. The zero-order chi connectivity index (χ0) is 78.3. The number of hydrogen-bond acceptors (Lipinski definition) is 12. The van der Waals surface area contributed by atoms with E-state index in [1.54, 1.807) is 0 Å². The van der Waals surface area contributed by atoms with Crippen LogP contribution < -0.4 is 0 Å². The third kappa shape index (κ3) is 27.3. The first kappa shape index (κ1) is 92.5. The highest BCUT2D eigenvalue weighted by molar-refractivity contribution is 5.81. The number of carbonyl (C=O) groups is 6. The molecule has 10 atom stereocenters. The summed E-state index contributed by atoms with van der Waals surface area (Å²) in [6, 6.07) is 10.2. The average Bonchev–Trinajstić information content (AvgIpc) is 1.50. The minimum Gasteiger partial charge on any atom is -0.463 e. The number of hydrogen-bond donors (Lipinski definition) is 0. The molecule has 0 aromatic heterocycles. The molecule has 0 N–H and O–H groups in total. The van der Waals surface area contributed by atoms with Crippen molar-refractivity contribution in [2.24, 2.45) is 108 Å². The highest BCUT2D eigenvalue weighted by atomic mass is 16.6. The van der Waals surface area contributed by atoms with Crippen LogP contribution in [0.25, 0.3) is 6.08 Å². The first-order valence-corrected chi connectivity index (χ1v) is 37.7. The first-order valence-electron chi connectivity index (χ1n) is 37.7. The monoisotopic (exact) mass is 1400 g/mol. The van der Waals surface area contributed by atoms with E-state index in [0.29, 0.717) is 35.0 Å². The highest BCUT2D eigenvalue weighted by Crippen LogP contribution is 2.76. The smallest absolute Gasteiger partial charge is 0.311 e. The zero-order valence-corrected chi connectivity index (χ0v) is 70.3. The van der Waals surface area contributed by atoms with Crippen LogP contribution in [0.1, 0.15) is 281 Å². The largest absolute Gasteiger partial charge is 0.463 e. The van der Waals surface area contributed by atoms with Gasteiger partial charge in [-0.2, -0.15) is 0 Å². The summed E-state index contributed by atoms with van der Waals surface area (Å²) in [7, 11) is 0. The number of carbonyl (C=O) groups excluding carboxylic acids is 6. The van der Waals surface area contributed by atoms with Crippen LogP contribution in [0.4, 0.5) is 0 Å². The van der Waals surface area contributed by atoms with Crippen molar-refractivity contribution in [3.63, 3.8) is 0 Å². The predicted octanol–water partition coefficient (Wildman–Crippen LogP) is 22.2. The molecule has 12 heteroatoms. The minimum absolute atomic E-state index is 0.000278. The van der Waals surface area contributed by atoms with Crippen molar-refractivity contribution in [1.82, 2.24) is 0 Å². The fourth-order valence-corrected chi connectivity index (χ4v) is 13.6. The molecule has 1 spiro atoms. The maximum atomic E-state index is 12.0. The number of ether oxygens (including phenoxy) is 6. The van der Waals surface area contributed by atoms with Gasteiger partial charge in [0.15, 0.2) is 0 Å². The molecule has 0 radical (unpaired) electrons. The standard InChI is InChI=1S/C18H24O2.C14H22O2.C13H20O2.C13H24O2.C13H22O2.C11H20O2.C4H8.C2H6/c1-17(2,3)16(19)20-15-14(18(15,4)5)12-11-13-9-7-6-8-10-13;1-9(2)7-8-11-12(14(11,5)6)13(15)16-10(3)4;1-8(2)7-10-11(13(10)5-6-13)12(14)15-9(3)4;2*1-8(2)7-10-11(13(10,5)6)12(14)15-9(3)4;1-7(2)13-9(12)8-10(3,4)11(8,5)6;1-4(2)3;1-2/h6-12,14-15H,1-5H3;8,10-12H,1-6H3;7,9-11H,5-6H2,1-4H3;8-11H,7H2,1-6H3;7,9-11H,1-6H3;7-8H,1-6H3;1H2,2-3H3;1-2H3. The van der Waals surface area contributed by atoms with Gasteiger partial charge in [0.1, 0.15) is 6.10 Å². The van der Waals surface area contributed by atoms with Gasteiger partial charge in [-0.05, 0) is 238 Å². The Morgan fingerprint density at radius 3 is 1.21 bits per heavy atom. The molecular formula is C88H146O12. The van der Waals surface area contributed by atoms with Crippen LogP contribution in [0.3, 0.4) is 0 Å². The molecule has 1 aromatic rings. The summed E-state index contributed by atoms with van der Waals surface area (Å²) >= 11 is 0. The van der Waals surface area contributed by atoms with Gasteiger partial charge in [0.25, 0.3) is 0 Å². The van der Waals surface area contributed by atoms with Crippen LogP contribution in [0.15, 0.2) is 89.2 Å². The molecule has 10 unspecified atom stereocenters. The van der Waals surface area contributed by atoms with Gasteiger partial charge in [0.2, 0.25) is 0 Å². The molecule has 7 fully saturated rings. The Hall–Kier alpha value is -5.48. The SMILES string of the molecule is C=C(C)C.CC.CC(C)(C)C(=O)OC1C(C=Cc2ccccc2)C1(C)C.CC(C)=C=CC1C(C(=O)OC(C)C)C1(C)C.CC(C)=CC1C(C(=O)OC(C)C)C1(C)C.CC(C)=CC1C(C(=O)OC(C)C)C12CC2.CC(C)CC1C(C(=O)OC(C)C)C1(C)C.CC(C)OC(=O)C1C(C)(C)C1(C)C. The Morgan fingerprint density at radius 1 is 0.500 bits per heavy atom. The van der Waals surface area contributed by atoms with E-state index in [2.05, 4.69) is 173 Å². The second-order valence-electron chi connectivity index (χ2n) is 36.4. The molecule has 1 aromatic carbocycles. The Kier molecular flexibility index (Phi) is 34.5. The lowest BCUT2D eigenvalue weighted by Gasteiger charge is -2.17. The van der Waals surface area contributed by atoms with Crippen molar-refractivity contribution in [1.29, 1.82) is 0 Å². The van der Waals surface area contributed by atoms with Crippen LogP contribution in [0.5, 0.6) is 0 Å². The van der Waals surface area contributed by atoms with E-state index in [1.165, 1.54) is 35.1 Å². The van der Waals surface area contributed by atoms with Crippen molar-refractivity contribution in [3.8, 4) is 0 Å². The van der Waals surface area contributed by atoms with E-state index in [9.17, 15) is 28.8 Å². The third-order valence-corrected chi connectivity index (χ3v) is 20.5. The van der Waals surface area contributed by atoms with Gasteiger partial charge in [-0.3, -0.25) is 28.8 Å². The maximum absolute atomic E-state index is 12.0. The molecule has 7 aliphatic carbocycles. The number of esters is 6. The van der Waals surface area contributed by atoms with Gasteiger partial charge in [0.05, 0.1) is 65.5 Å². The fraction of sp³-hybridized carbons (Fsp3) is 0.739. The van der Waals surface area contributed by atoms with Crippen molar-refractivity contribution >= 4 is 41.9 Å². The molecule has 7 saturated carbocycles. The van der Waals surface area contributed by atoms with Crippen molar-refractivity contribution < 1.29 is 57.2 Å². The van der Waals surface area contributed by atoms with Crippen LogP contribution in [0.2, 0.25) is 0 Å². The van der Waals surface area contributed by atoms with E-state index in [-0.39, 0.29) is 140 Å². The molecule has 7 aliphatic rings. The van der Waals surface area contributed by atoms with Gasteiger partial charge in [-0.25, -0.2) is 0 Å². The van der Waals surface area contributed by atoms with E-state index in [4.69, 9.17) is 28.4 Å². The summed E-state index contributed by atoms with van der Waals surface area (Å²) in [5.74, 6) is 2.73. The third-order valence-electron chi connectivity index (χ3n) is 20.5. The van der Waals surface area contributed by atoms with Crippen molar-refractivity contribution in [2.75, 3.05) is 0 Å². The number of benzene rings is 1. The Bertz CT molecular complexity index is 2940. The van der Waals surface area contributed by atoms with Gasteiger partial charge in [-0.1, -0.05) is 182 Å². The van der Waals surface area contributed by atoms with E-state index in [1.807, 2.05) is 156 Å². The van der Waals surface area contributed by atoms with E-state index < -0.39 is 5.41 Å². The summed E-state index contributed by atoms with van der Waals surface area (Å²) in [5.41, 5.74) is 9.60. The number of allylic oxidation sites excluding steroid dienone is 6. The molecule has 100 heavy (non-hydrogen) atoms. The van der Waals surface area contributed by atoms with E-state index in [0.717, 1.165) is 12.0 Å². The number of rotatable bonds is 18. The first-order chi connectivity index (χ1) is 45.4. The molecule has 0 saturated heterocycles. The normalized spacial score (nSPS) is 25.5. The molecule has 12 nitrogen and oxygen atoms in total. The summed E-state index contributed by atoms with van der Waals surface area (Å²) in [6.07, 6.45) is 14.2.